The Balaban J connectivity index is 2.44. The number of methoxy groups -OCH3 is 1. The van der Waals surface area contributed by atoms with Crippen LogP contribution in [0.15, 0.2) is 35.6 Å². The van der Waals surface area contributed by atoms with Gasteiger partial charge in [-0.2, -0.15) is 0 Å². The van der Waals surface area contributed by atoms with Crippen molar-refractivity contribution in [1.82, 2.24) is 4.90 Å². The van der Waals surface area contributed by atoms with Crippen LogP contribution in [0.2, 0.25) is 5.02 Å². The zero-order valence-electron chi connectivity index (χ0n) is 12.5. The summed E-state index contributed by atoms with van der Waals surface area (Å²) in [6.45, 7) is 2.18. The Morgan fingerprint density at radius 3 is 2.68 bits per heavy atom. The third-order valence-electron chi connectivity index (χ3n) is 3.63. The van der Waals surface area contributed by atoms with Gasteiger partial charge < -0.3 is 14.7 Å². The maximum absolute atomic E-state index is 12.3. The third-order valence-corrected chi connectivity index (χ3v) is 3.97. The lowest BCUT2D eigenvalue weighted by Crippen LogP contribution is -2.32. The largest absolute Gasteiger partial charge is 0.503 e. The SMILES string of the molecule is COCCCN1C(=O)C(O)=C(C(C)=O)C1c1ccccc1Cl. The van der Waals surface area contributed by atoms with E-state index in [0.29, 0.717) is 30.2 Å². The summed E-state index contributed by atoms with van der Waals surface area (Å²) in [6.07, 6.45) is 0.599. The number of hydrogen-bond acceptors (Lipinski definition) is 4. The van der Waals surface area contributed by atoms with Crippen LogP contribution in [0.4, 0.5) is 0 Å². The van der Waals surface area contributed by atoms with Gasteiger partial charge in [-0.15, -0.1) is 0 Å². The molecule has 0 aromatic heterocycles. The molecule has 0 radical (unpaired) electrons. The van der Waals surface area contributed by atoms with Crippen LogP contribution in [0.5, 0.6) is 0 Å². The number of rotatable bonds is 6. The van der Waals surface area contributed by atoms with Crippen molar-refractivity contribution in [3.8, 4) is 0 Å². The van der Waals surface area contributed by atoms with Gasteiger partial charge in [0.1, 0.15) is 0 Å². The van der Waals surface area contributed by atoms with Crippen molar-refractivity contribution in [2.75, 3.05) is 20.3 Å². The molecule has 1 aliphatic rings. The molecule has 0 aliphatic carbocycles. The topological polar surface area (TPSA) is 66.8 Å². The van der Waals surface area contributed by atoms with E-state index in [9.17, 15) is 14.7 Å². The van der Waals surface area contributed by atoms with E-state index in [0.717, 1.165) is 0 Å². The number of Topliss-reactive ketones (excluding diaryl/α,β-unsaturated/α-hetero) is 1. The highest BCUT2D eigenvalue weighted by atomic mass is 35.5. The first kappa shape index (κ1) is 16.5. The van der Waals surface area contributed by atoms with Gasteiger partial charge in [-0.3, -0.25) is 9.59 Å². The van der Waals surface area contributed by atoms with Crippen LogP contribution in [0, 0.1) is 0 Å². The summed E-state index contributed by atoms with van der Waals surface area (Å²) in [6, 6.07) is 6.35. The summed E-state index contributed by atoms with van der Waals surface area (Å²) in [5.41, 5.74) is 0.722. The van der Waals surface area contributed by atoms with E-state index in [1.807, 2.05) is 0 Å². The maximum Gasteiger partial charge on any atom is 0.290 e. The van der Waals surface area contributed by atoms with E-state index >= 15 is 0 Å². The molecule has 0 saturated heterocycles. The Bertz CT molecular complexity index is 626. The van der Waals surface area contributed by atoms with Crippen molar-refractivity contribution < 1.29 is 19.4 Å². The monoisotopic (exact) mass is 323 g/mol. The van der Waals surface area contributed by atoms with Crippen molar-refractivity contribution in [3.05, 3.63) is 46.2 Å². The fourth-order valence-corrected chi connectivity index (χ4v) is 2.88. The minimum atomic E-state index is -0.657. The summed E-state index contributed by atoms with van der Waals surface area (Å²) >= 11 is 6.22. The summed E-state index contributed by atoms with van der Waals surface area (Å²) in [5.74, 6) is -1.38. The number of aliphatic hydroxyl groups is 1. The second-order valence-electron chi connectivity index (χ2n) is 5.09. The second-order valence-corrected chi connectivity index (χ2v) is 5.49. The number of ketones is 1. The number of carbonyl (C=O) groups is 2. The van der Waals surface area contributed by atoms with Crippen LogP contribution in [-0.2, 0) is 14.3 Å². The van der Waals surface area contributed by atoms with Crippen LogP contribution in [0.3, 0.4) is 0 Å². The number of carbonyl (C=O) groups excluding carboxylic acids is 2. The average Bonchev–Trinajstić information content (AvgIpc) is 2.73. The summed E-state index contributed by atoms with van der Waals surface area (Å²) in [4.78, 5) is 25.7. The predicted octanol–water partition coefficient (Wildman–Crippen LogP) is 2.66. The van der Waals surface area contributed by atoms with Crippen LogP contribution in [0.1, 0.15) is 24.9 Å². The summed E-state index contributed by atoms with van der Waals surface area (Å²) < 4.78 is 5.00. The van der Waals surface area contributed by atoms with Crippen molar-refractivity contribution in [2.45, 2.75) is 19.4 Å². The highest BCUT2D eigenvalue weighted by molar-refractivity contribution is 6.31. The first-order chi connectivity index (χ1) is 10.5. The van der Waals surface area contributed by atoms with Crippen LogP contribution in [0.25, 0.3) is 0 Å². The van der Waals surface area contributed by atoms with Gasteiger partial charge in [-0.05, 0) is 25.0 Å². The molecule has 1 heterocycles. The molecule has 1 aromatic rings. The molecule has 1 amide bonds. The fraction of sp³-hybridized carbons (Fsp3) is 0.375. The zero-order valence-corrected chi connectivity index (χ0v) is 13.3. The van der Waals surface area contributed by atoms with Gasteiger partial charge >= 0.3 is 0 Å². The van der Waals surface area contributed by atoms with Gasteiger partial charge in [0.05, 0.1) is 11.6 Å². The van der Waals surface area contributed by atoms with Crippen LogP contribution in [-0.4, -0.2) is 42.0 Å². The van der Waals surface area contributed by atoms with Crippen molar-refractivity contribution in [3.63, 3.8) is 0 Å². The lowest BCUT2D eigenvalue weighted by Gasteiger charge is -2.27. The van der Waals surface area contributed by atoms with E-state index in [1.165, 1.54) is 11.8 Å². The predicted molar refractivity (Wildman–Crippen MR) is 82.7 cm³/mol. The number of nitrogens with zero attached hydrogens (tertiary/aromatic N) is 1. The number of aliphatic hydroxyl groups excluding tert-OH is 1. The Hall–Kier alpha value is -1.85. The van der Waals surface area contributed by atoms with Crippen molar-refractivity contribution in [2.24, 2.45) is 0 Å². The van der Waals surface area contributed by atoms with E-state index in [2.05, 4.69) is 0 Å². The van der Waals surface area contributed by atoms with Crippen molar-refractivity contribution in [1.29, 1.82) is 0 Å². The minimum absolute atomic E-state index is 0.0931. The van der Waals surface area contributed by atoms with Gasteiger partial charge in [-0.25, -0.2) is 0 Å². The number of benzene rings is 1. The quantitative estimate of drug-likeness (QED) is 0.817. The summed E-state index contributed by atoms with van der Waals surface area (Å²) in [7, 11) is 1.58. The van der Waals surface area contributed by atoms with Gasteiger partial charge in [0.2, 0.25) is 0 Å². The number of amides is 1. The average molecular weight is 324 g/mol. The maximum atomic E-state index is 12.3. The Kier molecular flexibility index (Phi) is 5.21. The molecule has 2 rings (SSSR count). The molecular formula is C16H18ClNO4. The standard InChI is InChI=1S/C16H18ClNO4/c1-10(19)13-14(11-6-3-4-7-12(11)17)18(8-5-9-22-2)16(21)15(13)20/h3-4,6-7,14,20H,5,8-9H2,1-2H3. The number of ether oxygens (including phenoxy) is 1. The third kappa shape index (κ3) is 3.00. The number of hydrogen-bond donors (Lipinski definition) is 1. The number of halogens is 1. The normalized spacial score (nSPS) is 18.2. The lowest BCUT2D eigenvalue weighted by atomic mass is 9.96. The fourth-order valence-electron chi connectivity index (χ4n) is 2.64. The molecule has 22 heavy (non-hydrogen) atoms. The molecule has 118 valence electrons. The first-order valence-corrected chi connectivity index (χ1v) is 7.35. The van der Waals surface area contributed by atoms with Crippen LogP contribution >= 0.6 is 11.6 Å². The summed E-state index contributed by atoms with van der Waals surface area (Å²) in [5, 5.41) is 10.5. The molecule has 1 aromatic carbocycles. The highest BCUT2D eigenvalue weighted by Crippen LogP contribution is 2.40. The zero-order chi connectivity index (χ0) is 16.3. The highest BCUT2D eigenvalue weighted by Gasteiger charge is 2.42. The lowest BCUT2D eigenvalue weighted by molar-refractivity contribution is -0.129. The smallest absolute Gasteiger partial charge is 0.290 e. The second kappa shape index (κ2) is 6.94. The van der Waals surface area contributed by atoms with Crippen molar-refractivity contribution >= 4 is 23.3 Å². The van der Waals surface area contributed by atoms with E-state index < -0.39 is 17.7 Å². The van der Waals surface area contributed by atoms with Crippen LogP contribution < -0.4 is 0 Å². The molecule has 1 N–H and O–H groups in total. The van der Waals surface area contributed by atoms with E-state index in [1.54, 1.807) is 31.4 Å². The molecule has 1 unspecified atom stereocenters. The van der Waals surface area contributed by atoms with E-state index in [4.69, 9.17) is 16.3 Å². The Morgan fingerprint density at radius 2 is 2.09 bits per heavy atom. The molecule has 0 spiro atoms. The molecule has 0 bridgehead atoms. The minimum Gasteiger partial charge on any atom is -0.503 e. The van der Waals surface area contributed by atoms with E-state index in [-0.39, 0.29) is 11.4 Å². The molecule has 1 aliphatic heterocycles. The molecule has 1 atom stereocenters. The molecule has 0 fully saturated rings. The van der Waals surface area contributed by atoms with Gasteiger partial charge in [0, 0.05) is 25.3 Å². The van der Waals surface area contributed by atoms with Gasteiger partial charge in [0.15, 0.2) is 11.5 Å². The molecular weight excluding hydrogens is 306 g/mol. The Morgan fingerprint density at radius 1 is 1.41 bits per heavy atom. The van der Waals surface area contributed by atoms with Gasteiger partial charge in [-0.1, -0.05) is 29.8 Å². The molecule has 5 nitrogen and oxygen atoms in total. The molecule has 6 heteroatoms. The molecule has 0 saturated carbocycles. The first-order valence-electron chi connectivity index (χ1n) is 6.97. The van der Waals surface area contributed by atoms with Gasteiger partial charge in [0.25, 0.3) is 5.91 Å². The Labute approximate surface area is 134 Å².